The van der Waals surface area contributed by atoms with Gasteiger partial charge in [-0.15, -0.1) is 0 Å². The van der Waals surface area contributed by atoms with Gasteiger partial charge in [0.15, 0.2) is 0 Å². The molecule has 2 heterocycles. The number of rotatable bonds is 5. The van der Waals surface area contributed by atoms with Crippen molar-refractivity contribution in [2.75, 3.05) is 13.1 Å². The molecule has 1 aliphatic heterocycles. The van der Waals surface area contributed by atoms with E-state index in [0.717, 1.165) is 18.6 Å². The fourth-order valence-electron chi connectivity index (χ4n) is 3.57. The molecule has 1 atom stereocenters. The third kappa shape index (κ3) is 4.24. The van der Waals surface area contributed by atoms with Crippen molar-refractivity contribution in [1.82, 2.24) is 14.4 Å². The Kier molecular flexibility index (Phi) is 5.61. The molecular weight excluding hydrogens is 419 g/mol. The molecule has 0 aliphatic carbocycles. The summed E-state index contributed by atoms with van der Waals surface area (Å²) in [7, 11) is -4.04. The maximum absolute atomic E-state index is 13.9. The third-order valence-corrected chi connectivity index (χ3v) is 6.84. The van der Waals surface area contributed by atoms with Crippen molar-refractivity contribution in [3.8, 4) is 11.4 Å². The molecule has 30 heavy (non-hydrogen) atoms. The molecule has 1 saturated heterocycles. The highest BCUT2D eigenvalue weighted by Gasteiger charge is 2.32. The Morgan fingerprint density at radius 3 is 2.57 bits per heavy atom. The first-order chi connectivity index (χ1) is 14.3. The summed E-state index contributed by atoms with van der Waals surface area (Å²) in [4.78, 5) is 3.80. The van der Waals surface area contributed by atoms with Gasteiger partial charge < -0.3 is 4.52 Å². The van der Waals surface area contributed by atoms with Crippen LogP contribution in [0.5, 0.6) is 0 Å². The van der Waals surface area contributed by atoms with Crippen LogP contribution in [0.25, 0.3) is 11.4 Å². The molecule has 1 aromatic heterocycles. The van der Waals surface area contributed by atoms with E-state index in [1.54, 1.807) is 12.1 Å². The monoisotopic (exact) mass is 437 g/mol. The van der Waals surface area contributed by atoms with Crippen LogP contribution in [-0.4, -0.2) is 36.0 Å². The molecule has 2 aromatic carbocycles. The average Bonchev–Trinajstić information content (AvgIpc) is 3.16. The number of hydrogen-bond donors (Lipinski definition) is 0. The third-order valence-electron chi connectivity index (χ3n) is 5.00. The lowest BCUT2D eigenvalue weighted by Gasteiger charge is -2.31. The number of benzene rings is 2. The normalized spacial score (nSPS) is 17.9. The minimum absolute atomic E-state index is 0.124. The van der Waals surface area contributed by atoms with E-state index in [-0.39, 0.29) is 36.3 Å². The molecule has 10 heteroatoms. The molecule has 0 saturated carbocycles. The van der Waals surface area contributed by atoms with Crippen LogP contribution < -0.4 is 0 Å². The molecule has 6 nitrogen and oxygen atoms in total. The summed E-state index contributed by atoms with van der Waals surface area (Å²) >= 11 is 0. The lowest BCUT2D eigenvalue weighted by molar-refractivity contribution is 0.247. The number of aromatic nitrogens is 2. The fraction of sp³-hybridized carbons (Fsp3) is 0.300. The van der Waals surface area contributed by atoms with Crippen molar-refractivity contribution in [2.24, 2.45) is 5.92 Å². The van der Waals surface area contributed by atoms with Crippen LogP contribution in [0.3, 0.4) is 0 Å². The number of nitrogens with zero attached hydrogens (tertiary/aromatic N) is 3. The second-order valence-electron chi connectivity index (χ2n) is 7.17. The highest BCUT2D eigenvalue weighted by Crippen LogP contribution is 2.27. The van der Waals surface area contributed by atoms with Crippen LogP contribution >= 0.6 is 0 Å². The van der Waals surface area contributed by atoms with E-state index >= 15 is 0 Å². The summed E-state index contributed by atoms with van der Waals surface area (Å²) in [6, 6.07) is 8.29. The summed E-state index contributed by atoms with van der Waals surface area (Å²) in [5.41, 5.74) is 0.216. The van der Waals surface area contributed by atoms with Gasteiger partial charge in [-0.05, 0) is 43.0 Å². The Morgan fingerprint density at radius 1 is 1.10 bits per heavy atom. The van der Waals surface area contributed by atoms with Gasteiger partial charge in [0.2, 0.25) is 21.7 Å². The maximum Gasteiger partial charge on any atom is 0.243 e. The number of hydrogen-bond acceptors (Lipinski definition) is 5. The first-order valence-corrected chi connectivity index (χ1v) is 10.8. The van der Waals surface area contributed by atoms with Crippen LogP contribution in [0.15, 0.2) is 51.9 Å². The van der Waals surface area contributed by atoms with Crippen molar-refractivity contribution >= 4 is 10.0 Å². The largest absolute Gasteiger partial charge is 0.339 e. The number of piperidine rings is 1. The summed E-state index contributed by atoms with van der Waals surface area (Å²) in [5.74, 6) is -2.10. The second kappa shape index (κ2) is 8.19. The molecule has 0 radical (unpaired) electrons. The van der Waals surface area contributed by atoms with E-state index in [4.69, 9.17) is 4.52 Å². The van der Waals surface area contributed by atoms with E-state index in [0.29, 0.717) is 18.9 Å². The van der Waals surface area contributed by atoms with Crippen LogP contribution in [0, 0.1) is 23.4 Å². The average molecular weight is 437 g/mol. The molecule has 1 unspecified atom stereocenters. The summed E-state index contributed by atoms with van der Waals surface area (Å²) in [6.45, 7) is 0.402. The zero-order chi connectivity index (χ0) is 21.3. The SMILES string of the molecule is O=S(=O)(c1cc(F)cc(F)c1)N1CCCC(Cc2nc(-c3ccccc3F)no2)C1. The minimum Gasteiger partial charge on any atom is -0.339 e. The van der Waals surface area contributed by atoms with E-state index in [1.165, 1.54) is 16.4 Å². The Balaban J connectivity index is 1.49. The first-order valence-electron chi connectivity index (χ1n) is 9.36. The molecule has 0 spiro atoms. The van der Waals surface area contributed by atoms with E-state index in [1.807, 2.05) is 0 Å². The van der Waals surface area contributed by atoms with Gasteiger partial charge in [0.05, 0.1) is 10.5 Å². The topological polar surface area (TPSA) is 76.3 Å². The van der Waals surface area contributed by atoms with Gasteiger partial charge in [-0.1, -0.05) is 17.3 Å². The Morgan fingerprint density at radius 2 is 1.83 bits per heavy atom. The second-order valence-corrected chi connectivity index (χ2v) is 9.11. The van der Waals surface area contributed by atoms with Gasteiger partial charge in [-0.3, -0.25) is 0 Å². The highest BCUT2D eigenvalue weighted by atomic mass is 32.2. The molecule has 158 valence electrons. The van der Waals surface area contributed by atoms with Crippen molar-refractivity contribution in [3.63, 3.8) is 0 Å². The van der Waals surface area contributed by atoms with Crippen LogP contribution in [0.1, 0.15) is 18.7 Å². The van der Waals surface area contributed by atoms with E-state index in [9.17, 15) is 21.6 Å². The number of sulfonamides is 1. The van der Waals surface area contributed by atoms with Gasteiger partial charge in [0, 0.05) is 25.6 Å². The lowest BCUT2D eigenvalue weighted by Crippen LogP contribution is -2.40. The zero-order valence-electron chi connectivity index (χ0n) is 15.8. The van der Waals surface area contributed by atoms with Crippen molar-refractivity contribution < 1.29 is 26.1 Å². The summed E-state index contributed by atoms with van der Waals surface area (Å²) in [5, 5.41) is 3.81. The molecule has 0 amide bonds. The first kappa shape index (κ1) is 20.5. The van der Waals surface area contributed by atoms with Crippen LogP contribution in [0.2, 0.25) is 0 Å². The van der Waals surface area contributed by atoms with Crippen molar-refractivity contribution in [2.45, 2.75) is 24.2 Å². The highest BCUT2D eigenvalue weighted by molar-refractivity contribution is 7.89. The molecule has 1 aliphatic rings. The number of halogens is 3. The minimum atomic E-state index is -4.04. The summed E-state index contributed by atoms with van der Waals surface area (Å²) < 4.78 is 72.9. The standard InChI is InChI=1S/C20H18F3N3O3S/c21-14-9-15(22)11-16(10-14)30(27,28)26-7-3-4-13(12-26)8-19-24-20(25-29-19)17-5-1-2-6-18(17)23/h1-2,5-6,9-11,13H,3-4,7-8,12H2. The predicted molar refractivity (Wildman–Crippen MR) is 101 cm³/mol. The molecular formula is C20H18F3N3O3S. The van der Waals surface area contributed by atoms with Gasteiger partial charge in [-0.2, -0.15) is 9.29 Å². The molecule has 0 N–H and O–H groups in total. The van der Waals surface area contributed by atoms with E-state index < -0.39 is 32.4 Å². The Bertz CT molecular complexity index is 1150. The summed E-state index contributed by atoms with van der Waals surface area (Å²) in [6.07, 6.45) is 1.61. The van der Waals surface area contributed by atoms with Gasteiger partial charge in [0.1, 0.15) is 17.5 Å². The quantitative estimate of drug-likeness (QED) is 0.607. The molecule has 4 rings (SSSR count). The van der Waals surface area contributed by atoms with Crippen molar-refractivity contribution in [3.05, 3.63) is 65.8 Å². The van der Waals surface area contributed by atoms with E-state index in [2.05, 4.69) is 10.1 Å². The van der Waals surface area contributed by atoms with Crippen LogP contribution in [-0.2, 0) is 16.4 Å². The van der Waals surface area contributed by atoms with Crippen LogP contribution in [0.4, 0.5) is 13.2 Å². The zero-order valence-corrected chi connectivity index (χ0v) is 16.6. The molecule has 1 fully saturated rings. The smallest absolute Gasteiger partial charge is 0.243 e. The van der Waals surface area contributed by atoms with Gasteiger partial charge in [-0.25, -0.2) is 21.6 Å². The maximum atomic E-state index is 13.9. The van der Waals surface area contributed by atoms with Gasteiger partial charge >= 0.3 is 0 Å². The predicted octanol–water partition coefficient (Wildman–Crippen LogP) is 3.80. The molecule has 0 bridgehead atoms. The van der Waals surface area contributed by atoms with Gasteiger partial charge in [0.25, 0.3) is 0 Å². The van der Waals surface area contributed by atoms with Crippen molar-refractivity contribution in [1.29, 1.82) is 0 Å². The Hall–Kier alpha value is -2.72. The molecule has 3 aromatic rings. The lowest BCUT2D eigenvalue weighted by atomic mass is 9.96. The fourth-order valence-corrected chi connectivity index (χ4v) is 5.17. The Labute approximate surface area is 171 Å².